The summed E-state index contributed by atoms with van der Waals surface area (Å²) in [6.07, 6.45) is 0.444. The van der Waals surface area contributed by atoms with E-state index in [0.29, 0.717) is 6.42 Å². The number of urea groups is 1. The monoisotopic (exact) mass is 255 g/mol. The molecule has 0 spiro atoms. The van der Waals surface area contributed by atoms with Gasteiger partial charge in [-0.05, 0) is 12.8 Å². The Kier molecular flexibility index (Phi) is 5.97. The smallest absolute Gasteiger partial charge is 0.369 e. The molecule has 0 radical (unpaired) electrons. The second kappa shape index (κ2) is 6.44. The summed E-state index contributed by atoms with van der Waals surface area (Å²) in [5, 5.41) is 2.27. The predicted octanol–water partition coefficient (Wildman–Crippen LogP) is -1.60. The molecule has 0 saturated heterocycles. The normalized spacial score (nSPS) is 12.9. The van der Waals surface area contributed by atoms with Crippen LogP contribution < -0.4 is 16.8 Å². The van der Waals surface area contributed by atoms with Gasteiger partial charge in [-0.25, -0.2) is 14.2 Å². The van der Waals surface area contributed by atoms with Crippen LogP contribution in [-0.2, 0) is 13.9 Å². The molecule has 0 aliphatic heterocycles. The largest absolute Gasteiger partial charge is 0.527 e. The first kappa shape index (κ1) is 14.8. The molecule has 7 N–H and O–H groups in total. The highest BCUT2D eigenvalue weighted by molar-refractivity contribution is 7.46. The molecule has 1 atom stereocenters. The van der Waals surface area contributed by atoms with Crippen LogP contribution in [0.5, 0.6) is 0 Å². The summed E-state index contributed by atoms with van der Waals surface area (Å²) in [7, 11) is -4.85. The fraction of sp³-hybridized carbons (Fsp3) is 0.667. The highest BCUT2D eigenvalue weighted by Crippen LogP contribution is 2.36. The lowest BCUT2D eigenvalue weighted by atomic mass is 10.2. The average molecular weight is 255 g/mol. The van der Waals surface area contributed by atoms with E-state index in [9.17, 15) is 14.2 Å². The Morgan fingerprint density at radius 3 is 2.44 bits per heavy atom. The van der Waals surface area contributed by atoms with Gasteiger partial charge >= 0.3 is 19.8 Å². The van der Waals surface area contributed by atoms with E-state index in [1.165, 1.54) is 0 Å². The van der Waals surface area contributed by atoms with Crippen LogP contribution in [0, 0.1) is 0 Å². The molecule has 10 heteroatoms. The first-order chi connectivity index (χ1) is 7.22. The Balaban J connectivity index is 3.80. The zero-order chi connectivity index (χ0) is 12.8. The van der Waals surface area contributed by atoms with Crippen molar-refractivity contribution in [1.82, 2.24) is 5.32 Å². The van der Waals surface area contributed by atoms with Gasteiger partial charge in [0.1, 0.15) is 6.04 Å². The van der Waals surface area contributed by atoms with Crippen molar-refractivity contribution >= 4 is 19.8 Å². The van der Waals surface area contributed by atoms with Crippen LogP contribution in [0.4, 0.5) is 4.79 Å². The standard InChI is InChI=1S/C6H14N3O6P/c7-4(2-1-3-9-6(8)11)5(10)15-16(12,13)14/h4H,1-3,7H2,(H3,8,9,11)(H2,12,13,14)/t4-/m0/s1. The van der Waals surface area contributed by atoms with Crippen molar-refractivity contribution in [1.29, 1.82) is 0 Å². The first-order valence-electron chi connectivity index (χ1n) is 4.30. The van der Waals surface area contributed by atoms with Crippen LogP contribution in [0.1, 0.15) is 12.8 Å². The minimum atomic E-state index is -4.85. The maximum Gasteiger partial charge on any atom is 0.527 e. The third-order valence-electron chi connectivity index (χ3n) is 1.50. The number of phosphoric ester groups is 1. The van der Waals surface area contributed by atoms with Gasteiger partial charge in [0.2, 0.25) is 0 Å². The predicted molar refractivity (Wildman–Crippen MR) is 52.9 cm³/mol. The molecule has 16 heavy (non-hydrogen) atoms. The van der Waals surface area contributed by atoms with Crippen molar-refractivity contribution in [3.63, 3.8) is 0 Å². The molecule has 0 unspecified atom stereocenters. The first-order valence-corrected chi connectivity index (χ1v) is 5.83. The van der Waals surface area contributed by atoms with E-state index >= 15 is 0 Å². The number of nitrogens with one attached hydrogen (secondary N) is 1. The van der Waals surface area contributed by atoms with Gasteiger partial charge in [-0.1, -0.05) is 0 Å². The Morgan fingerprint density at radius 1 is 1.44 bits per heavy atom. The van der Waals surface area contributed by atoms with Crippen molar-refractivity contribution in [2.75, 3.05) is 6.54 Å². The van der Waals surface area contributed by atoms with Gasteiger partial charge in [-0.3, -0.25) is 9.79 Å². The summed E-state index contributed by atoms with van der Waals surface area (Å²) < 4.78 is 14.1. The molecule has 0 aliphatic rings. The molecule has 0 heterocycles. The summed E-state index contributed by atoms with van der Waals surface area (Å²) >= 11 is 0. The Morgan fingerprint density at radius 2 is 2.00 bits per heavy atom. The van der Waals surface area contributed by atoms with Crippen molar-refractivity contribution in [3.05, 3.63) is 0 Å². The number of hydrogen-bond acceptors (Lipinski definition) is 5. The van der Waals surface area contributed by atoms with Crippen molar-refractivity contribution < 1.29 is 28.5 Å². The van der Waals surface area contributed by atoms with Gasteiger partial charge in [0, 0.05) is 6.54 Å². The second-order valence-corrected chi connectivity index (χ2v) is 4.10. The number of carbonyl (C=O) groups excluding carboxylic acids is 2. The molecule has 94 valence electrons. The van der Waals surface area contributed by atoms with Crippen LogP contribution in [-0.4, -0.2) is 34.4 Å². The molecule has 0 aromatic rings. The minimum absolute atomic E-state index is 0.110. The summed E-state index contributed by atoms with van der Waals surface area (Å²) in [6.45, 7) is 0.215. The number of primary amides is 1. The van der Waals surface area contributed by atoms with E-state index in [1.807, 2.05) is 0 Å². The van der Waals surface area contributed by atoms with Gasteiger partial charge in [0.05, 0.1) is 0 Å². The number of amides is 2. The summed E-state index contributed by atoms with van der Waals surface area (Å²) in [6, 6.07) is -1.85. The van der Waals surface area contributed by atoms with Gasteiger partial charge < -0.3 is 21.3 Å². The quantitative estimate of drug-likeness (QED) is 0.281. The lowest BCUT2D eigenvalue weighted by Gasteiger charge is -2.11. The van der Waals surface area contributed by atoms with Crippen molar-refractivity contribution in [2.24, 2.45) is 11.5 Å². The summed E-state index contributed by atoms with van der Waals surface area (Å²) in [4.78, 5) is 37.8. The van der Waals surface area contributed by atoms with E-state index in [0.717, 1.165) is 0 Å². The number of phosphoric acid groups is 1. The number of rotatable bonds is 6. The van der Waals surface area contributed by atoms with E-state index in [2.05, 4.69) is 9.84 Å². The zero-order valence-corrected chi connectivity index (χ0v) is 9.22. The maximum atomic E-state index is 10.9. The van der Waals surface area contributed by atoms with Crippen molar-refractivity contribution in [3.8, 4) is 0 Å². The molecule has 0 rings (SSSR count). The number of hydrogen-bond donors (Lipinski definition) is 5. The molecule has 0 aromatic carbocycles. The van der Waals surface area contributed by atoms with Crippen LogP contribution in [0.3, 0.4) is 0 Å². The Bertz CT molecular complexity index is 303. The molecule has 0 aliphatic carbocycles. The average Bonchev–Trinajstić information content (AvgIpc) is 2.08. The van der Waals surface area contributed by atoms with Crippen molar-refractivity contribution in [2.45, 2.75) is 18.9 Å². The lowest BCUT2D eigenvalue weighted by Crippen LogP contribution is -2.34. The van der Waals surface area contributed by atoms with Crippen LogP contribution in [0.2, 0.25) is 0 Å². The Labute approximate surface area is 91.4 Å². The molecule has 0 aromatic heterocycles. The third-order valence-corrected chi connectivity index (χ3v) is 1.92. The lowest BCUT2D eigenvalue weighted by molar-refractivity contribution is -0.137. The molecule has 0 bridgehead atoms. The minimum Gasteiger partial charge on any atom is -0.369 e. The molecule has 2 amide bonds. The molecule has 9 nitrogen and oxygen atoms in total. The third kappa shape index (κ3) is 8.18. The number of carbonyl (C=O) groups is 2. The number of nitrogens with two attached hydrogens (primary N) is 2. The topological polar surface area (TPSA) is 165 Å². The zero-order valence-electron chi connectivity index (χ0n) is 8.33. The highest BCUT2D eigenvalue weighted by Gasteiger charge is 2.24. The van der Waals surface area contributed by atoms with Gasteiger partial charge in [0.15, 0.2) is 0 Å². The van der Waals surface area contributed by atoms with E-state index in [4.69, 9.17) is 21.3 Å². The van der Waals surface area contributed by atoms with Gasteiger partial charge in [0.25, 0.3) is 0 Å². The molecular formula is C6H14N3O6P. The molecular weight excluding hydrogens is 241 g/mol. The summed E-state index contributed by atoms with van der Waals surface area (Å²) in [5.74, 6) is -1.19. The van der Waals surface area contributed by atoms with E-state index < -0.39 is 25.9 Å². The van der Waals surface area contributed by atoms with Crippen LogP contribution in [0.15, 0.2) is 0 Å². The SMILES string of the molecule is NC(=O)NCCC[C@H](N)C(=O)OP(=O)(O)O. The fourth-order valence-corrected chi connectivity index (χ4v) is 1.21. The highest BCUT2D eigenvalue weighted by atomic mass is 31.2. The fourth-order valence-electron chi connectivity index (χ4n) is 0.836. The maximum absolute atomic E-state index is 10.9. The second-order valence-electron chi connectivity index (χ2n) is 2.94. The van der Waals surface area contributed by atoms with E-state index in [1.54, 1.807) is 0 Å². The molecule has 0 fully saturated rings. The van der Waals surface area contributed by atoms with Gasteiger partial charge in [-0.15, -0.1) is 0 Å². The van der Waals surface area contributed by atoms with Crippen LogP contribution in [0.25, 0.3) is 0 Å². The molecule has 0 saturated carbocycles. The van der Waals surface area contributed by atoms with Crippen LogP contribution >= 0.6 is 7.82 Å². The Hall–Kier alpha value is -1.15. The van der Waals surface area contributed by atoms with E-state index in [-0.39, 0.29) is 13.0 Å². The van der Waals surface area contributed by atoms with Gasteiger partial charge in [-0.2, -0.15) is 0 Å². The summed E-state index contributed by atoms with van der Waals surface area (Å²) in [5.41, 5.74) is 10.1.